The van der Waals surface area contributed by atoms with E-state index in [-0.39, 0.29) is 0 Å². The van der Waals surface area contributed by atoms with E-state index >= 15 is 0 Å². The van der Waals surface area contributed by atoms with E-state index in [9.17, 15) is 0 Å². The number of hydrogen-bond acceptors (Lipinski definition) is 3. The molecular weight excluding hydrogens is 212 g/mol. The van der Waals surface area contributed by atoms with Crippen molar-refractivity contribution >= 4 is 0 Å². The Hall–Kier alpha value is -0.120. The van der Waals surface area contributed by atoms with Gasteiger partial charge in [-0.25, -0.2) is 0 Å². The van der Waals surface area contributed by atoms with Crippen molar-refractivity contribution in [2.24, 2.45) is 11.8 Å². The molecular formula is C14H28N2O. The zero-order chi connectivity index (χ0) is 12.3. The zero-order valence-electron chi connectivity index (χ0n) is 11.6. The van der Waals surface area contributed by atoms with Gasteiger partial charge in [-0.1, -0.05) is 0 Å². The highest BCUT2D eigenvalue weighted by Gasteiger charge is 2.36. The molecule has 3 heteroatoms. The largest absolute Gasteiger partial charge is 0.383 e. The third kappa shape index (κ3) is 3.94. The first kappa shape index (κ1) is 13.3. The van der Waals surface area contributed by atoms with Crippen molar-refractivity contribution < 1.29 is 4.74 Å². The number of ether oxygens (including phenoxy) is 1. The molecule has 17 heavy (non-hydrogen) atoms. The number of nitrogens with zero attached hydrogens (tertiary/aromatic N) is 1. The minimum Gasteiger partial charge on any atom is -0.383 e. The van der Waals surface area contributed by atoms with Crippen LogP contribution in [0.1, 0.15) is 32.6 Å². The standard InChI is InChI=1S/C14H28N2O/c1-11(12-4-5-12)16(8-9-17-3)10-14(15-2)13-6-7-13/h11-15H,4-10H2,1-3H3. The van der Waals surface area contributed by atoms with Gasteiger partial charge in [0.15, 0.2) is 0 Å². The van der Waals surface area contributed by atoms with E-state index < -0.39 is 0 Å². The Morgan fingerprint density at radius 2 is 1.88 bits per heavy atom. The van der Waals surface area contributed by atoms with Crippen molar-refractivity contribution in [2.45, 2.75) is 44.7 Å². The number of rotatable bonds is 9. The second kappa shape index (κ2) is 6.17. The van der Waals surface area contributed by atoms with Crippen LogP contribution in [0.5, 0.6) is 0 Å². The molecule has 2 rings (SSSR count). The Kier molecular flexibility index (Phi) is 4.83. The van der Waals surface area contributed by atoms with Gasteiger partial charge in [-0.3, -0.25) is 4.90 Å². The molecule has 2 unspecified atom stereocenters. The van der Waals surface area contributed by atoms with Crippen molar-refractivity contribution in [3.05, 3.63) is 0 Å². The van der Waals surface area contributed by atoms with Gasteiger partial charge in [-0.2, -0.15) is 0 Å². The molecule has 2 aliphatic rings. The molecule has 0 bridgehead atoms. The third-order valence-electron chi connectivity index (χ3n) is 4.46. The predicted molar refractivity (Wildman–Crippen MR) is 71.2 cm³/mol. The highest BCUT2D eigenvalue weighted by Crippen LogP contribution is 2.37. The second-order valence-corrected chi connectivity index (χ2v) is 5.80. The van der Waals surface area contributed by atoms with Crippen molar-refractivity contribution in [1.29, 1.82) is 0 Å². The van der Waals surface area contributed by atoms with E-state index in [1.54, 1.807) is 7.11 Å². The summed E-state index contributed by atoms with van der Waals surface area (Å²) >= 11 is 0. The van der Waals surface area contributed by atoms with Crippen LogP contribution in [0.4, 0.5) is 0 Å². The molecule has 2 fully saturated rings. The third-order valence-corrected chi connectivity index (χ3v) is 4.46. The first-order valence-corrected chi connectivity index (χ1v) is 7.16. The molecule has 0 aromatic rings. The number of methoxy groups -OCH3 is 1. The zero-order valence-corrected chi connectivity index (χ0v) is 11.6. The molecule has 3 nitrogen and oxygen atoms in total. The maximum Gasteiger partial charge on any atom is 0.0589 e. The number of hydrogen-bond donors (Lipinski definition) is 1. The maximum absolute atomic E-state index is 5.25. The van der Waals surface area contributed by atoms with Crippen molar-refractivity contribution in [3.8, 4) is 0 Å². The molecule has 0 amide bonds. The maximum atomic E-state index is 5.25. The van der Waals surface area contributed by atoms with Crippen molar-refractivity contribution in [3.63, 3.8) is 0 Å². The Labute approximate surface area is 106 Å². The molecule has 0 aromatic heterocycles. The van der Waals surface area contributed by atoms with Crippen LogP contribution in [0.3, 0.4) is 0 Å². The Bertz CT molecular complexity index is 226. The molecule has 100 valence electrons. The van der Waals surface area contributed by atoms with Gasteiger partial charge < -0.3 is 10.1 Å². The molecule has 0 spiro atoms. The van der Waals surface area contributed by atoms with E-state index in [4.69, 9.17) is 4.74 Å². The smallest absolute Gasteiger partial charge is 0.0589 e. The van der Waals surface area contributed by atoms with Crippen LogP contribution in [0.25, 0.3) is 0 Å². The van der Waals surface area contributed by atoms with Gasteiger partial charge in [-0.05, 0) is 51.5 Å². The van der Waals surface area contributed by atoms with E-state index in [0.717, 1.165) is 31.0 Å². The Balaban J connectivity index is 1.83. The molecule has 2 aliphatic carbocycles. The monoisotopic (exact) mass is 240 g/mol. The van der Waals surface area contributed by atoms with Crippen LogP contribution in [0, 0.1) is 11.8 Å². The van der Waals surface area contributed by atoms with Gasteiger partial charge in [0, 0.05) is 32.3 Å². The quantitative estimate of drug-likeness (QED) is 0.664. The lowest BCUT2D eigenvalue weighted by atomic mass is 10.1. The van der Waals surface area contributed by atoms with Gasteiger partial charge in [0.2, 0.25) is 0 Å². The lowest BCUT2D eigenvalue weighted by Gasteiger charge is -2.32. The van der Waals surface area contributed by atoms with E-state index in [0.29, 0.717) is 6.04 Å². The fourth-order valence-corrected chi connectivity index (χ4v) is 2.77. The molecule has 0 aliphatic heterocycles. The fraction of sp³-hybridized carbons (Fsp3) is 1.00. The molecule has 2 saturated carbocycles. The average molecular weight is 240 g/mol. The van der Waals surface area contributed by atoms with Crippen molar-refractivity contribution in [1.82, 2.24) is 10.2 Å². The topological polar surface area (TPSA) is 24.5 Å². The average Bonchev–Trinajstić information content (AvgIpc) is 3.19. The van der Waals surface area contributed by atoms with Gasteiger partial charge in [0.05, 0.1) is 6.61 Å². The van der Waals surface area contributed by atoms with Gasteiger partial charge in [0.25, 0.3) is 0 Å². The summed E-state index contributed by atoms with van der Waals surface area (Å²) in [6.07, 6.45) is 5.69. The minimum absolute atomic E-state index is 0.688. The van der Waals surface area contributed by atoms with Crippen LogP contribution in [0.15, 0.2) is 0 Å². The van der Waals surface area contributed by atoms with Crippen LogP contribution >= 0.6 is 0 Å². The summed E-state index contributed by atoms with van der Waals surface area (Å²) in [5.74, 6) is 1.88. The second-order valence-electron chi connectivity index (χ2n) is 5.80. The Morgan fingerprint density at radius 3 is 2.35 bits per heavy atom. The first-order chi connectivity index (χ1) is 8.26. The molecule has 0 heterocycles. The fourth-order valence-electron chi connectivity index (χ4n) is 2.77. The molecule has 0 aromatic carbocycles. The van der Waals surface area contributed by atoms with Crippen LogP contribution in [-0.4, -0.2) is 50.8 Å². The summed E-state index contributed by atoms with van der Waals surface area (Å²) in [6.45, 7) is 5.53. The van der Waals surface area contributed by atoms with Crippen molar-refractivity contribution in [2.75, 3.05) is 33.9 Å². The first-order valence-electron chi connectivity index (χ1n) is 7.16. The minimum atomic E-state index is 0.688. The summed E-state index contributed by atoms with van der Waals surface area (Å²) in [5.41, 5.74) is 0. The number of nitrogens with one attached hydrogen (secondary N) is 1. The van der Waals surface area contributed by atoms with E-state index in [2.05, 4.69) is 24.2 Å². The lowest BCUT2D eigenvalue weighted by molar-refractivity contribution is 0.106. The summed E-state index contributed by atoms with van der Waals surface area (Å²) in [6, 6.07) is 1.42. The molecule has 2 atom stereocenters. The summed E-state index contributed by atoms with van der Waals surface area (Å²) in [7, 11) is 3.91. The molecule has 0 radical (unpaired) electrons. The SMILES string of the molecule is CNC(CN(CCOC)C(C)C1CC1)C1CC1. The highest BCUT2D eigenvalue weighted by molar-refractivity contribution is 4.91. The van der Waals surface area contributed by atoms with E-state index in [1.165, 1.54) is 32.2 Å². The summed E-state index contributed by atoms with van der Waals surface area (Å²) in [5, 5.41) is 3.50. The molecule has 0 saturated heterocycles. The van der Waals surface area contributed by atoms with E-state index in [1.807, 2.05) is 0 Å². The van der Waals surface area contributed by atoms with Gasteiger partial charge >= 0.3 is 0 Å². The summed E-state index contributed by atoms with van der Waals surface area (Å²) in [4.78, 5) is 2.64. The van der Waals surface area contributed by atoms with Gasteiger partial charge in [-0.15, -0.1) is 0 Å². The van der Waals surface area contributed by atoms with Crippen LogP contribution in [0.2, 0.25) is 0 Å². The summed E-state index contributed by atoms with van der Waals surface area (Å²) < 4.78 is 5.25. The molecule has 1 N–H and O–H groups in total. The lowest BCUT2D eigenvalue weighted by Crippen LogP contribution is -2.46. The highest BCUT2D eigenvalue weighted by atomic mass is 16.5. The van der Waals surface area contributed by atoms with Gasteiger partial charge in [0.1, 0.15) is 0 Å². The Morgan fingerprint density at radius 1 is 1.24 bits per heavy atom. The number of likely N-dealkylation sites (N-methyl/N-ethyl adjacent to an activating group) is 1. The van der Waals surface area contributed by atoms with Crippen LogP contribution in [-0.2, 0) is 4.74 Å². The predicted octanol–water partition coefficient (Wildman–Crippen LogP) is 1.73. The van der Waals surface area contributed by atoms with Crippen LogP contribution < -0.4 is 5.32 Å². The normalized spacial score (nSPS) is 24.0.